The highest BCUT2D eigenvalue weighted by atomic mass is 16.4. The Bertz CT molecular complexity index is 386. The molecule has 2 amide bonds. The van der Waals surface area contributed by atoms with E-state index in [1.807, 2.05) is 0 Å². The zero-order valence-corrected chi connectivity index (χ0v) is 9.05. The van der Waals surface area contributed by atoms with Crippen LogP contribution in [0, 0.1) is 0 Å². The minimum absolute atomic E-state index is 0.251. The Hall–Kier alpha value is -2.31. The van der Waals surface area contributed by atoms with Gasteiger partial charge in [-0.25, -0.2) is 0 Å². The molecule has 0 aliphatic rings. The number of furan rings is 1. The minimum atomic E-state index is -0.482. The van der Waals surface area contributed by atoms with Gasteiger partial charge in [0.2, 0.25) is 0 Å². The van der Waals surface area contributed by atoms with Crippen molar-refractivity contribution in [1.29, 1.82) is 0 Å². The molecule has 1 aromatic rings. The molecule has 0 unspecified atom stereocenters. The number of hydrogen-bond acceptors (Lipinski definition) is 5. The van der Waals surface area contributed by atoms with E-state index in [9.17, 15) is 9.59 Å². The van der Waals surface area contributed by atoms with Gasteiger partial charge in [-0.15, -0.1) is 0 Å². The minimum Gasteiger partial charge on any atom is -0.459 e. The Morgan fingerprint density at radius 3 is 2.82 bits per heavy atom. The molecule has 0 aromatic carbocycles. The average molecular weight is 239 g/mol. The highest BCUT2D eigenvalue weighted by Gasteiger charge is 2.06. The first-order valence-electron chi connectivity index (χ1n) is 5.01. The van der Waals surface area contributed by atoms with Crippen LogP contribution < -0.4 is 10.6 Å². The van der Waals surface area contributed by atoms with Crippen LogP contribution in [0.2, 0.25) is 0 Å². The molecule has 92 valence electrons. The second-order valence-corrected chi connectivity index (χ2v) is 3.12. The molecule has 7 heteroatoms. The average Bonchev–Trinajstić information content (AvgIpc) is 2.82. The van der Waals surface area contributed by atoms with Gasteiger partial charge in [0.15, 0.2) is 5.76 Å². The van der Waals surface area contributed by atoms with Crippen molar-refractivity contribution in [3.05, 3.63) is 24.2 Å². The molecule has 3 N–H and O–H groups in total. The highest BCUT2D eigenvalue weighted by molar-refractivity contribution is 6.25. The molecular weight excluding hydrogens is 226 g/mol. The van der Waals surface area contributed by atoms with Gasteiger partial charge in [0.25, 0.3) is 11.8 Å². The van der Waals surface area contributed by atoms with E-state index in [1.54, 1.807) is 12.1 Å². The zero-order valence-electron chi connectivity index (χ0n) is 9.05. The first kappa shape index (κ1) is 12.8. The lowest BCUT2D eigenvalue weighted by Crippen LogP contribution is -2.30. The third kappa shape index (κ3) is 4.83. The van der Waals surface area contributed by atoms with Crippen molar-refractivity contribution >= 4 is 18.0 Å². The Morgan fingerprint density at radius 1 is 1.41 bits per heavy atom. The maximum Gasteiger partial charge on any atom is 0.286 e. The number of hydrogen-bond donors (Lipinski definition) is 3. The van der Waals surface area contributed by atoms with Crippen molar-refractivity contribution in [2.45, 2.75) is 6.42 Å². The molecule has 17 heavy (non-hydrogen) atoms. The summed E-state index contributed by atoms with van der Waals surface area (Å²) in [6.07, 6.45) is 2.75. The molecule has 0 atom stereocenters. The standard InChI is InChI=1S/C10H13N3O4/c14-9(7-13-16)11-4-2-5-12-10(15)8-3-1-6-17-8/h1,3,6-7,16H,2,4-5H2,(H,11,14)(H,12,15)/b13-7-. The fraction of sp³-hybridized carbons (Fsp3) is 0.300. The van der Waals surface area contributed by atoms with Crippen molar-refractivity contribution in [1.82, 2.24) is 10.6 Å². The van der Waals surface area contributed by atoms with Crippen LogP contribution in [0.4, 0.5) is 0 Å². The predicted molar refractivity (Wildman–Crippen MR) is 58.9 cm³/mol. The van der Waals surface area contributed by atoms with E-state index < -0.39 is 5.91 Å². The van der Waals surface area contributed by atoms with Crippen LogP contribution in [0.3, 0.4) is 0 Å². The summed E-state index contributed by atoms with van der Waals surface area (Å²) in [5, 5.41) is 15.7. The summed E-state index contributed by atoms with van der Waals surface area (Å²) in [6, 6.07) is 3.19. The van der Waals surface area contributed by atoms with Gasteiger partial charge in [-0.2, -0.15) is 0 Å². The maximum atomic E-state index is 11.4. The fourth-order valence-electron chi connectivity index (χ4n) is 1.09. The van der Waals surface area contributed by atoms with Gasteiger partial charge in [0.1, 0.15) is 6.21 Å². The molecule has 0 spiro atoms. The lowest BCUT2D eigenvalue weighted by molar-refractivity contribution is -0.114. The monoisotopic (exact) mass is 239 g/mol. The Balaban J connectivity index is 2.09. The van der Waals surface area contributed by atoms with Crippen LogP contribution in [-0.2, 0) is 4.79 Å². The van der Waals surface area contributed by atoms with E-state index in [1.165, 1.54) is 6.26 Å². The molecular formula is C10H13N3O4. The molecule has 0 aliphatic carbocycles. The number of carbonyl (C=O) groups is 2. The molecule has 0 aliphatic heterocycles. The third-order valence-electron chi connectivity index (χ3n) is 1.86. The molecule has 1 heterocycles. The number of nitrogens with zero attached hydrogens (tertiary/aromatic N) is 1. The quantitative estimate of drug-likeness (QED) is 0.281. The van der Waals surface area contributed by atoms with E-state index >= 15 is 0 Å². The fourth-order valence-corrected chi connectivity index (χ4v) is 1.09. The van der Waals surface area contributed by atoms with Crippen LogP contribution in [0.5, 0.6) is 0 Å². The number of amides is 2. The summed E-state index contributed by atoms with van der Waals surface area (Å²) in [5.74, 6) is -0.524. The summed E-state index contributed by atoms with van der Waals surface area (Å²) in [6.45, 7) is 0.791. The first-order valence-corrected chi connectivity index (χ1v) is 5.01. The normalized spacial score (nSPS) is 10.4. The smallest absolute Gasteiger partial charge is 0.286 e. The Labute approximate surface area is 97.5 Å². The lowest BCUT2D eigenvalue weighted by Gasteiger charge is -2.03. The van der Waals surface area contributed by atoms with E-state index in [4.69, 9.17) is 9.62 Å². The van der Waals surface area contributed by atoms with E-state index in [0.717, 1.165) is 6.21 Å². The molecule has 0 fully saturated rings. The number of carbonyl (C=O) groups excluding carboxylic acids is 2. The van der Waals surface area contributed by atoms with Gasteiger partial charge in [-0.1, -0.05) is 5.16 Å². The van der Waals surface area contributed by atoms with Crippen molar-refractivity contribution in [3.63, 3.8) is 0 Å². The van der Waals surface area contributed by atoms with Gasteiger partial charge < -0.3 is 20.3 Å². The molecule has 0 radical (unpaired) electrons. The second-order valence-electron chi connectivity index (χ2n) is 3.12. The summed E-state index contributed by atoms with van der Waals surface area (Å²) in [7, 11) is 0. The lowest BCUT2D eigenvalue weighted by atomic mass is 10.3. The summed E-state index contributed by atoms with van der Waals surface area (Å²) in [5.41, 5.74) is 0. The molecule has 1 aromatic heterocycles. The number of rotatable bonds is 6. The van der Waals surface area contributed by atoms with Crippen molar-refractivity contribution in [2.24, 2.45) is 5.16 Å². The first-order chi connectivity index (χ1) is 8.24. The van der Waals surface area contributed by atoms with Crippen LogP contribution in [0.1, 0.15) is 17.0 Å². The number of nitrogens with one attached hydrogen (secondary N) is 2. The topological polar surface area (TPSA) is 104 Å². The summed E-state index contributed by atoms with van der Waals surface area (Å²) in [4.78, 5) is 22.2. The van der Waals surface area contributed by atoms with Gasteiger partial charge in [-0.3, -0.25) is 9.59 Å². The number of oxime groups is 1. The largest absolute Gasteiger partial charge is 0.459 e. The zero-order chi connectivity index (χ0) is 12.5. The third-order valence-corrected chi connectivity index (χ3v) is 1.86. The predicted octanol–water partition coefficient (Wildman–Crippen LogP) is -0.0243. The molecule has 0 bridgehead atoms. The van der Waals surface area contributed by atoms with Crippen molar-refractivity contribution < 1.29 is 19.2 Å². The molecule has 0 saturated heterocycles. The SMILES string of the molecule is O=C(/C=N\O)NCCCNC(=O)c1ccco1. The Morgan fingerprint density at radius 2 is 2.18 bits per heavy atom. The molecule has 1 rings (SSSR count). The highest BCUT2D eigenvalue weighted by Crippen LogP contribution is 1.98. The Kier molecular flexibility index (Phi) is 5.29. The summed E-state index contributed by atoms with van der Waals surface area (Å²) >= 11 is 0. The van der Waals surface area contributed by atoms with Gasteiger partial charge in [0, 0.05) is 13.1 Å². The van der Waals surface area contributed by atoms with Crippen molar-refractivity contribution in [2.75, 3.05) is 13.1 Å². The molecule has 0 saturated carbocycles. The van der Waals surface area contributed by atoms with Crippen LogP contribution in [0.15, 0.2) is 28.0 Å². The second kappa shape index (κ2) is 7.04. The maximum absolute atomic E-state index is 11.4. The van der Waals surface area contributed by atoms with E-state index in [2.05, 4.69) is 15.8 Å². The summed E-state index contributed by atoms with van der Waals surface area (Å²) < 4.78 is 4.90. The van der Waals surface area contributed by atoms with Gasteiger partial charge in [-0.05, 0) is 18.6 Å². The van der Waals surface area contributed by atoms with Crippen LogP contribution in [0.25, 0.3) is 0 Å². The van der Waals surface area contributed by atoms with Crippen LogP contribution in [-0.4, -0.2) is 36.3 Å². The van der Waals surface area contributed by atoms with E-state index in [-0.39, 0.29) is 11.7 Å². The van der Waals surface area contributed by atoms with Crippen LogP contribution >= 0.6 is 0 Å². The van der Waals surface area contributed by atoms with E-state index in [0.29, 0.717) is 19.5 Å². The van der Waals surface area contributed by atoms with Gasteiger partial charge >= 0.3 is 0 Å². The van der Waals surface area contributed by atoms with Gasteiger partial charge in [0.05, 0.1) is 6.26 Å². The van der Waals surface area contributed by atoms with Crippen molar-refractivity contribution in [3.8, 4) is 0 Å². The molecule has 7 nitrogen and oxygen atoms in total.